The quantitative estimate of drug-likeness (QED) is 0.926. The third kappa shape index (κ3) is 4.18. The summed E-state index contributed by atoms with van der Waals surface area (Å²) in [4.78, 5) is 24.7. The number of pyridine rings is 1. The third-order valence-electron chi connectivity index (χ3n) is 3.13. The summed E-state index contributed by atoms with van der Waals surface area (Å²) in [7, 11) is 3.12. The summed E-state index contributed by atoms with van der Waals surface area (Å²) >= 11 is 0. The van der Waals surface area contributed by atoms with Gasteiger partial charge in [0.05, 0.1) is 0 Å². The number of alkyl halides is 3. The van der Waals surface area contributed by atoms with Crippen molar-refractivity contribution in [3.63, 3.8) is 0 Å². The Balaban J connectivity index is 2.42. The van der Waals surface area contributed by atoms with E-state index in [0.717, 1.165) is 6.07 Å². The normalized spacial score (nSPS) is 12.6. The number of nitrogens with zero attached hydrogens (tertiary/aromatic N) is 4. The molecule has 1 amide bonds. The van der Waals surface area contributed by atoms with Crippen molar-refractivity contribution in [3.8, 4) is 11.4 Å². The standard InChI is InChI=1S/C15H16F3N5O/c1-9(14(24)23(2)3)20-12-8-11(15(16,17)18)21-13(22-12)10-4-6-19-7-5-10/h4-9H,1-3H3,(H,20,21,22). The van der Waals surface area contributed by atoms with Gasteiger partial charge in [0.1, 0.15) is 11.9 Å². The van der Waals surface area contributed by atoms with E-state index in [0.29, 0.717) is 5.56 Å². The molecule has 2 heterocycles. The summed E-state index contributed by atoms with van der Waals surface area (Å²) < 4.78 is 39.2. The second kappa shape index (κ2) is 6.81. The fourth-order valence-corrected chi connectivity index (χ4v) is 1.97. The van der Waals surface area contributed by atoms with E-state index in [-0.39, 0.29) is 17.5 Å². The van der Waals surface area contributed by atoms with Crippen molar-refractivity contribution < 1.29 is 18.0 Å². The number of hydrogen-bond acceptors (Lipinski definition) is 5. The molecule has 0 saturated carbocycles. The smallest absolute Gasteiger partial charge is 0.358 e. The highest BCUT2D eigenvalue weighted by Crippen LogP contribution is 2.30. The summed E-state index contributed by atoms with van der Waals surface area (Å²) in [5.74, 6) is -0.460. The van der Waals surface area contributed by atoms with E-state index in [1.54, 1.807) is 21.0 Å². The molecule has 0 saturated heterocycles. The zero-order valence-electron chi connectivity index (χ0n) is 13.3. The lowest BCUT2D eigenvalue weighted by molar-refractivity contribution is -0.141. The summed E-state index contributed by atoms with van der Waals surface area (Å²) in [5, 5.41) is 2.69. The number of nitrogens with one attached hydrogen (secondary N) is 1. The van der Waals surface area contributed by atoms with Gasteiger partial charge >= 0.3 is 6.18 Å². The van der Waals surface area contributed by atoms with Crippen molar-refractivity contribution >= 4 is 11.7 Å². The molecule has 0 aliphatic carbocycles. The van der Waals surface area contributed by atoms with Gasteiger partial charge < -0.3 is 10.2 Å². The van der Waals surface area contributed by atoms with Crippen LogP contribution in [-0.2, 0) is 11.0 Å². The van der Waals surface area contributed by atoms with E-state index in [9.17, 15) is 18.0 Å². The average molecular weight is 339 g/mol. The van der Waals surface area contributed by atoms with Crippen LogP contribution in [0.15, 0.2) is 30.6 Å². The van der Waals surface area contributed by atoms with Gasteiger partial charge in [-0.3, -0.25) is 9.78 Å². The van der Waals surface area contributed by atoms with Gasteiger partial charge in [0, 0.05) is 38.1 Å². The maximum atomic E-state index is 13.1. The van der Waals surface area contributed by atoms with Crippen LogP contribution in [0.3, 0.4) is 0 Å². The van der Waals surface area contributed by atoms with Crippen LogP contribution in [0.1, 0.15) is 12.6 Å². The lowest BCUT2D eigenvalue weighted by Crippen LogP contribution is -2.37. The van der Waals surface area contributed by atoms with E-state index < -0.39 is 17.9 Å². The first kappa shape index (κ1) is 17.6. The number of rotatable bonds is 4. The molecule has 128 valence electrons. The van der Waals surface area contributed by atoms with Gasteiger partial charge in [-0.1, -0.05) is 0 Å². The van der Waals surface area contributed by atoms with E-state index in [4.69, 9.17) is 0 Å². The highest BCUT2D eigenvalue weighted by molar-refractivity contribution is 5.83. The summed E-state index contributed by atoms with van der Waals surface area (Å²) in [6.07, 6.45) is -1.76. The molecule has 1 unspecified atom stereocenters. The van der Waals surface area contributed by atoms with Crippen LogP contribution >= 0.6 is 0 Å². The molecule has 2 aromatic rings. The number of halogens is 3. The predicted octanol–water partition coefficient (Wildman–Crippen LogP) is 2.45. The van der Waals surface area contributed by atoms with Crippen LogP contribution in [-0.4, -0.2) is 45.9 Å². The van der Waals surface area contributed by atoms with Crippen LogP contribution < -0.4 is 5.32 Å². The molecule has 0 aliphatic rings. The molecule has 24 heavy (non-hydrogen) atoms. The van der Waals surface area contributed by atoms with Crippen LogP contribution in [0.5, 0.6) is 0 Å². The summed E-state index contributed by atoms with van der Waals surface area (Å²) in [6.45, 7) is 1.55. The number of amides is 1. The Bertz CT molecular complexity index is 719. The highest BCUT2D eigenvalue weighted by atomic mass is 19.4. The molecule has 0 aromatic carbocycles. The van der Waals surface area contributed by atoms with Crippen molar-refractivity contribution in [2.75, 3.05) is 19.4 Å². The lowest BCUT2D eigenvalue weighted by atomic mass is 10.2. The second-order valence-electron chi connectivity index (χ2n) is 5.29. The van der Waals surface area contributed by atoms with Crippen LogP contribution in [0, 0.1) is 0 Å². The Morgan fingerprint density at radius 2 is 1.83 bits per heavy atom. The fourth-order valence-electron chi connectivity index (χ4n) is 1.97. The van der Waals surface area contributed by atoms with Crippen LogP contribution in [0.4, 0.5) is 19.0 Å². The molecular formula is C15H16F3N5O. The van der Waals surface area contributed by atoms with Crippen LogP contribution in [0.25, 0.3) is 11.4 Å². The second-order valence-corrected chi connectivity index (χ2v) is 5.29. The van der Waals surface area contributed by atoms with Crippen molar-refractivity contribution in [3.05, 3.63) is 36.3 Å². The van der Waals surface area contributed by atoms with Gasteiger partial charge in [0.25, 0.3) is 0 Å². The molecule has 0 radical (unpaired) electrons. The average Bonchev–Trinajstić information content (AvgIpc) is 2.53. The molecule has 0 fully saturated rings. The first-order valence-corrected chi connectivity index (χ1v) is 7.03. The minimum atomic E-state index is -4.63. The third-order valence-corrected chi connectivity index (χ3v) is 3.13. The molecule has 9 heteroatoms. The molecule has 0 spiro atoms. The largest absolute Gasteiger partial charge is 0.433 e. The minimum Gasteiger partial charge on any atom is -0.358 e. The van der Waals surface area contributed by atoms with E-state index in [2.05, 4.69) is 20.3 Å². The lowest BCUT2D eigenvalue weighted by Gasteiger charge is -2.19. The first-order valence-electron chi connectivity index (χ1n) is 7.03. The minimum absolute atomic E-state index is 0.0770. The van der Waals surface area contributed by atoms with Gasteiger partial charge in [-0.05, 0) is 19.1 Å². The number of carbonyl (C=O) groups excluding carboxylic acids is 1. The molecule has 1 atom stereocenters. The first-order chi connectivity index (χ1) is 11.2. The Hall–Kier alpha value is -2.71. The van der Waals surface area contributed by atoms with E-state index >= 15 is 0 Å². The van der Waals surface area contributed by atoms with Crippen molar-refractivity contribution in [2.24, 2.45) is 0 Å². The fraction of sp³-hybridized carbons (Fsp3) is 0.333. The number of anilines is 1. The molecule has 6 nitrogen and oxygen atoms in total. The van der Waals surface area contributed by atoms with Gasteiger partial charge in [-0.15, -0.1) is 0 Å². The predicted molar refractivity (Wildman–Crippen MR) is 82.0 cm³/mol. The Morgan fingerprint density at radius 1 is 1.21 bits per heavy atom. The van der Waals surface area contributed by atoms with E-state index in [1.165, 1.54) is 29.4 Å². The molecule has 0 aliphatic heterocycles. The van der Waals surface area contributed by atoms with Crippen molar-refractivity contribution in [1.29, 1.82) is 0 Å². The Morgan fingerprint density at radius 3 is 2.38 bits per heavy atom. The van der Waals surface area contributed by atoms with Crippen molar-refractivity contribution in [1.82, 2.24) is 19.9 Å². The highest BCUT2D eigenvalue weighted by Gasteiger charge is 2.34. The summed E-state index contributed by atoms with van der Waals surface area (Å²) in [6, 6.07) is 3.06. The van der Waals surface area contributed by atoms with Gasteiger partial charge in [0.2, 0.25) is 5.91 Å². The molecule has 2 rings (SSSR count). The zero-order chi connectivity index (χ0) is 17.9. The topological polar surface area (TPSA) is 71.0 Å². The van der Waals surface area contributed by atoms with Gasteiger partial charge in [0.15, 0.2) is 11.5 Å². The monoisotopic (exact) mass is 339 g/mol. The van der Waals surface area contributed by atoms with E-state index in [1.807, 2.05) is 0 Å². The van der Waals surface area contributed by atoms with Gasteiger partial charge in [-0.25, -0.2) is 9.97 Å². The molecule has 2 aromatic heterocycles. The maximum Gasteiger partial charge on any atom is 0.433 e. The number of aromatic nitrogens is 3. The maximum absolute atomic E-state index is 13.1. The Kier molecular flexibility index (Phi) is 5.01. The molecular weight excluding hydrogens is 323 g/mol. The molecule has 1 N–H and O–H groups in total. The van der Waals surface area contributed by atoms with Crippen LogP contribution in [0.2, 0.25) is 0 Å². The molecule has 0 bridgehead atoms. The van der Waals surface area contributed by atoms with Crippen molar-refractivity contribution in [2.45, 2.75) is 19.1 Å². The van der Waals surface area contributed by atoms with Gasteiger partial charge in [-0.2, -0.15) is 13.2 Å². The SMILES string of the molecule is CC(Nc1cc(C(F)(F)F)nc(-c2ccncc2)n1)C(=O)N(C)C. The number of hydrogen-bond donors (Lipinski definition) is 1. The number of carbonyl (C=O) groups is 1. The summed E-state index contributed by atoms with van der Waals surface area (Å²) in [5.41, 5.74) is -0.693. The number of likely N-dealkylation sites (N-methyl/N-ethyl adjacent to an activating group) is 1. The Labute approximate surface area is 136 Å². The zero-order valence-corrected chi connectivity index (χ0v) is 13.3.